The highest BCUT2D eigenvalue weighted by Gasteiger charge is 2.27. The van der Waals surface area contributed by atoms with Crippen LogP contribution in [-0.2, 0) is 11.3 Å². The maximum atomic E-state index is 12.6. The molecule has 1 saturated heterocycles. The second kappa shape index (κ2) is 8.92. The Kier molecular flexibility index (Phi) is 6.08. The van der Waals surface area contributed by atoms with E-state index in [9.17, 15) is 4.79 Å². The molecular formula is C22H26ClN5O2. The maximum Gasteiger partial charge on any atom is 0.231 e. The number of aromatic nitrogens is 3. The second-order valence-electron chi connectivity index (χ2n) is 7.87. The zero-order valence-electron chi connectivity index (χ0n) is 17.2. The highest BCUT2D eigenvalue weighted by molar-refractivity contribution is 6.30. The number of anilines is 1. The number of hydrogen-bond donors (Lipinski definition) is 1. The Labute approximate surface area is 181 Å². The van der Waals surface area contributed by atoms with E-state index in [1.807, 2.05) is 54.8 Å². The first-order valence-corrected chi connectivity index (χ1v) is 10.7. The number of nitrogens with zero attached hydrogens (tertiary/aromatic N) is 4. The van der Waals surface area contributed by atoms with Crippen molar-refractivity contribution in [2.24, 2.45) is 5.92 Å². The van der Waals surface area contributed by atoms with Gasteiger partial charge >= 0.3 is 0 Å². The zero-order valence-corrected chi connectivity index (χ0v) is 18.0. The summed E-state index contributed by atoms with van der Waals surface area (Å²) in [5, 5.41) is 12.2. The number of carbonyl (C=O) groups is 1. The molecule has 1 aromatic carbocycles. The van der Waals surface area contributed by atoms with Crippen molar-refractivity contribution in [3.05, 3.63) is 53.2 Å². The Morgan fingerprint density at radius 2 is 1.90 bits per heavy atom. The third kappa shape index (κ3) is 4.67. The first-order chi connectivity index (χ1) is 14.5. The van der Waals surface area contributed by atoms with E-state index in [2.05, 4.69) is 20.4 Å². The number of ether oxygens (including phenoxy) is 1. The minimum atomic E-state index is 0.00701. The molecule has 7 nitrogen and oxygen atoms in total. The SMILES string of the molecule is CC(C)Oc1ccc(CNC(=O)C2CCN(c3nnc4ccc(Cl)cn34)CC2)cc1. The van der Waals surface area contributed by atoms with Gasteiger partial charge in [-0.2, -0.15) is 0 Å². The van der Waals surface area contributed by atoms with Crippen LogP contribution in [-0.4, -0.2) is 39.7 Å². The molecule has 1 aliphatic rings. The number of halogens is 1. The van der Waals surface area contributed by atoms with E-state index in [0.717, 1.165) is 48.8 Å². The molecule has 30 heavy (non-hydrogen) atoms. The number of pyridine rings is 1. The summed E-state index contributed by atoms with van der Waals surface area (Å²) in [5.74, 6) is 1.73. The van der Waals surface area contributed by atoms with E-state index in [1.54, 1.807) is 6.07 Å². The van der Waals surface area contributed by atoms with E-state index < -0.39 is 0 Å². The van der Waals surface area contributed by atoms with Gasteiger partial charge in [-0.1, -0.05) is 23.7 Å². The predicted molar refractivity (Wildman–Crippen MR) is 117 cm³/mol. The van der Waals surface area contributed by atoms with Gasteiger partial charge in [0.25, 0.3) is 0 Å². The second-order valence-corrected chi connectivity index (χ2v) is 8.30. The van der Waals surface area contributed by atoms with Gasteiger partial charge in [0.1, 0.15) is 5.75 Å². The van der Waals surface area contributed by atoms with Crippen LogP contribution >= 0.6 is 11.6 Å². The molecule has 0 spiro atoms. The predicted octanol–water partition coefficient (Wildman–Crippen LogP) is 3.70. The van der Waals surface area contributed by atoms with Gasteiger partial charge in [0.05, 0.1) is 11.1 Å². The van der Waals surface area contributed by atoms with Crippen LogP contribution in [0.2, 0.25) is 5.02 Å². The lowest BCUT2D eigenvalue weighted by Crippen LogP contribution is -2.41. The van der Waals surface area contributed by atoms with E-state index in [1.165, 1.54) is 0 Å². The number of rotatable bonds is 6. The molecule has 1 aliphatic heterocycles. The standard InChI is InChI=1S/C22H26ClN5O2/c1-15(2)30-19-6-3-16(4-7-19)13-24-21(29)17-9-11-27(12-10-17)22-26-25-20-8-5-18(23)14-28(20)22/h3-8,14-15,17H,9-13H2,1-2H3,(H,24,29). The molecule has 1 fully saturated rings. The fraction of sp³-hybridized carbons (Fsp3) is 0.409. The number of piperidine rings is 1. The van der Waals surface area contributed by atoms with Gasteiger partial charge in [0.15, 0.2) is 5.65 Å². The fourth-order valence-corrected chi connectivity index (χ4v) is 3.86. The largest absolute Gasteiger partial charge is 0.491 e. The molecule has 0 radical (unpaired) electrons. The van der Waals surface area contributed by atoms with Gasteiger partial charge < -0.3 is 15.0 Å². The summed E-state index contributed by atoms with van der Waals surface area (Å²) < 4.78 is 7.55. The van der Waals surface area contributed by atoms with Gasteiger partial charge in [-0.3, -0.25) is 9.20 Å². The fourth-order valence-electron chi connectivity index (χ4n) is 3.70. The number of benzene rings is 1. The van der Waals surface area contributed by atoms with E-state index in [4.69, 9.17) is 16.3 Å². The Balaban J connectivity index is 1.29. The van der Waals surface area contributed by atoms with Gasteiger partial charge in [0, 0.05) is 31.7 Å². The monoisotopic (exact) mass is 427 g/mol. The molecule has 0 aliphatic carbocycles. The Hall–Kier alpha value is -2.80. The number of nitrogens with one attached hydrogen (secondary N) is 1. The zero-order chi connectivity index (χ0) is 21.1. The van der Waals surface area contributed by atoms with Crippen molar-refractivity contribution in [2.75, 3.05) is 18.0 Å². The van der Waals surface area contributed by atoms with Crippen molar-refractivity contribution < 1.29 is 9.53 Å². The van der Waals surface area contributed by atoms with Gasteiger partial charge in [-0.05, 0) is 56.5 Å². The summed E-state index contributed by atoms with van der Waals surface area (Å²) in [5.41, 5.74) is 1.82. The van der Waals surface area contributed by atoms with Crippen LogP contribution in [0.1, 0.15) is 32.3 Å². The quantitative estimate of drug-likeness (QED) is 0.649. The minimum Gasteiger partial charge on any atom is -0.491 e. The highest BCUT2D eigenvalue weighted by Crippen LogP contribution is 2.24. The summed E-state index contributed by atoms with van der Waals surface area (Å²) in [6, 6.07) is 11.5. The van der Waals surface area contributed by atoms with Gasteiger partial charge in [-0.15, -0.1) is 10.2 Å². The van der Waals surface area contributed by atoms with E-state index in [-0.39, 0.29) is 17.9 Å². The maximum absolute atomic E-state index is 12.6. The average Bonchev–Trinajstić information content (AvgIpc) is 3.16. The molecule has 0 bridgehead atoms. The number of fused-ring (bicyclic) bond motifs is 1. The normalized spacial score (nSPS) is 15.0. The van der Waals surface area contributed by atoms with Gasteiger partial charge in [-0.25, -0.2) is 0 Å². The first-order valence-electron chi connectivity index (χ1n) is 10.3. The van der Waals surface area contributed by atoms with Crippen LogP contribution in [0.4, 0.5) is 5.95 Å². The minimum absolute atomic E-state index is 0.00701. The highest BCUT2D eigenvalue weighted by atomic mass is 35.5. The molecule has 2 aromatic heterocycles. The number of amides is 1. The van der Waals surface area contributed by atoms with Crippen LogP contribution in [0.15, 0.2) is 42.6 Å². The molecule has 1 N–H and O–H groups in total. The Bertz CT molecular complexity index is 1010. The summed E-state index contributed by atoms with van der Waals surface area (Å²) in [7, 11) is 0. The van der Waals surface area contributed by atoms with Crippen molar-refractivity contribution in [1.29, 1.82) is 0 Å². The van der Waals surface area contributed by atoms with Crippen LogP contribution in [0.5, 0.6) is 5.75 Å². The molecule has 8 heteroatoms. The molecule has 158 valence electrons. The lowest BCUT2D eigenvalue weighted by Gasteiger charge is -2.31. The number of hydrogen-bond acceptors (Lipinski definition) is 5. The molecule has 0 unspecified atom stereocenters. The molecule has 0 atom stereocenters. The molecule has 4 rings (SSSR count). The van der Waals surface area contributed by atoms with Crippen LogP contribution in [0.25, 0.3) is 5.65 Å². The molecular weight excluding hydrogens is 402 g/mol. The Morgan fingerprint density at radius 3 is 2.60 bits per heavy atom. The van der Waals surface area contributed by atoms with Crippen molar-refractivity contribution >= 4 is 29.1 Å². The van der Waals surface area contributed by atoms with Crippen LogP contribution in [0.3, 0.4) is 0 Å². The summed E-state index contributed by atoms with van der Waals surface area (Å²) in [4.78, 5) is 14.8. The van der Waals surface area contributed by atoms with Crippen molar-refractivity contribution in [2.45, 2.75) is 39.3 Å². The van der Waals surface area contributed by atoms with E-state index in [0.29, 0.717) is 11.6 Å². The molecule has 1 amide bonds. The summed E-state index contributed by atoms with van der Waals surface area (Å²) in [6.07, 6.45) is 3.53. The lowest BCUT2D eigenvalue weighted by atomic mass is 9.96. The van der Waals surface area contributed by atoms with Crippen LogP contribution in [0, 0.1) is 5.92 Å². The molecule has 0 saturated carbocycles. The lowest BCUT2D eigenvalue weighted by molar-refractivity contribution is -0.125. The molecule has 3 heterocycles. The topological polar surface area (TPSA) is 71.8 Å². The van der Waals surface area contributed by atoms with Crippen molar-refractivity contribution in [1.82, 2.24) is 19.9 Å². The molecule has 3 aromatic rings. The van der Waals surface area contributed by atoms with Crippen molar-refractivity contribution in [3.63, 3.8) is 0 Å². The van der Waals surface area contributed by atoms with E-state index >= 15 is 0 Å². The third-order valence-electron chi connectivity index (χ3n) is 5.26. The third-order valence-corrected chi connectivity index (χ3v) is 5.48. The summed E-state index contributed by atoms with van der Waals surface area (Å²) >= 11 is 6.11. The van der Waals surface area contributed by atoms with Crippen molar-refractivity contribution in [3.8, 4) is 5.75 Å². The average molecular weight is 428 g/mol. The van der Waals surface area contributed by atoms with Crippen LogP contribution < -0.4 is 15.0 Å². The first kappa shape index (κ1) is 20.5. The van der Waals surface area contributed by atoms with Gasteiger partial charge in [0.2, 0.25) is 11.9 Å². The smallest absolute Gasteiger partial charge is 0.231 e. The Morgan fingerprint density at radius 1 is 1.17 bits per heavy atom. The number of carbonyl (C=O) groups excluding carboxylic acids is 1. The summed E-state index contributed by atoms with van der Waals surface area (Å²) in [6.45, 7) is 6.04.